The van der Waals surface area contributed by atoms with E-state index in [1.165, 1.54) is 12.0 Å². The van der Waals surface area contributed by atoms with Crippen LogP contribution in [0.2, 0.25) is 0 Å². The van der Waals surface area contributed by atoms with Crippen molar-refractivity contribution >= 4 is 11.7 Å². The summed E-state index contributed by atoms with van der Waals surface area (Å²) in [5, 5.41) is 0. The van der Waals surface area contributed by atoms with Crippen molar-refractivity contribution in [2.75, 3.05) is 37.6 Å². The fourth-order valence-electron chi connectivity index (χ4n) is 4.40. The number of hydrogen-bond donors (Lipinski definition) is 1. The molecule has 2 aliphatic rings. The van der Waals surface area contributed by atoms with Crippen LogP contribution in [0.1, 0.15) is 35.2 Å². The molecule has 1 aromatic carbocycles. The molecule has 0 radical (unpaired) electrons. The van der Waals surface area contributed by atoms with Crippen LogP contribution in [0.3, 0.4) is 0 Å². The van der Waals surface area contributed by atoms with E-state index in [1.807, 2.05) is 23.1 Å². The van der Waals surface area contributed by atoms with Gasteiger partial charge in [-0.05, 0) is 42.5 Å². The molecule has 27 heavy (non-hydrogen) atoms. The van der Waals surface area contributed by atoms with Gasteiger partial charge in [0.2, 0.25) is 0 Å². The molecule has 5 nitrogen and oxygen atoms in total. The Labute approximate surface area is 161 Å². The Morgan fingerprint density at radius 1 is 1.19 bits per heavy atom. The third kappa shape index (κ3) is 3.69. The Morgan fingerprint density at radius 3 is 2.70 bits per heavy atom. The van der Waals surface area contributed by atoms with Crippen LogP contribution in [0.25, 0.3) is 0 Å². The SMILES string of the molecule is CC1CCN(c2cc(C(=O)N3C[C@@H](CN)[C@H](c4ccccc4)C3)ccn2)C1. The lowest BCUT2D eigenvalue weighted by Crippen LogP contribution is -2.30. The van der Waals surface area contributed by atoms with Crippen LogP contribution in [0, 0.1) is 11.8 Å². The fraction of sp³-hybridized carbons (Fsp3) is 0.455. The molecule has 1 unspecified atom stereocenters. The molecule has 3 atom stereocenters. The Balaban J connectivity index is 1.51. The summed E-state index contributed by atoms with van der Waals surface area (Å²) in [6, 6.07) is 14.2. The number of nitrogens with two attached hydrogens (primary N) is 1. The molecule has 2 saturated heterocycles. The molecule has 3 heterocycles. The zero-order valence-corrected chi connectivity index (χ0v) is 15.9. The van der Waals surface area contributed by atoms with Gasteiger partial charge < -0.3 is 15.5 Å². The zero-order chi connectivity index (χ0) is 18.8. The molecule has 2 N–H and O–H groups in total. The number of hydrogen-bond acceptors (Lipinski definition) is 4. The molecule has 2 aromatic rings. The first-order chi connectivity index (χ1) is 13.2. The summed E-state index contributed by atoms with van der Waals surface area (Å²) in [5.41, 5.74) is 8.02. The van der Waals surface area contributed by atoms with Crippen LogP contribution in [0.15, 0.2) is 48.7 Å². The largest absolute Gasteiger partial charge is 0.356 e. The maximum Gasteiger partial charge on any atom is 0.254 e. The van der Waals surface area contributed by atoms with Crippen LogP contribution in [0.4, 0.5) is 5.82 Å². The minimum atomic E-state index is 0.0859. The van der Waals surface area contributed by atoms with Crippen LogP contribution in [-0.2, 0) is 0 Å². The number of pyridine rings is 1. The van der Waals surface area contributed by atoms with Gasteiger partial charge in [0.25, 0.3) is 5.91 Å². The van der Waals surface area contributed by atoms with Gasteiger partial charge in [-0.15, -0.1) is 0 Å². The second kappa shape index (κ2) is 7.69. The van der Waals surface area contributed by atoms with E-state index in [1.54, 1.807) is 6.20 Å². The summed E-state index contributed by atoms with van der Waals surface area (Å²) < 4.78 is 0. The third-order valence-corrected chi connectivity index (χ3v) is 6.00. The molecule has 2 fully saturated rings. The van der Waals surface area contributed by atoms with E-state index in [-0.39, 0.29) is 5.91 Å². The monoisotopic (exact) mass is 364 g/mol. The van der Waals surface area contributed by atoms with Gasteiger partial charge in [0.15, 0.2) is 0 Å². The molecule has 4 rings (SSSR count). The maximum absolute atomic E-state index is 13.2. The van der Waals surface area contributed by atoms with Gasteiger partial charge in [-0.25, -0.2) is 4.98 Å². The average Bonchev–Trinajstić information content (AvgIpc) is 3.34. The topological polar surface area (TPSA) is 62.5 Å². The Hall–Kier alpha value is -2.40. The van der Waals surface area contributed by atoms with Crippen molar-refractivity contribution < 1.29 is 4.79 Å². The predicted octanol–water partition coefficient (Wildman–Crippen LogP) is 2.74. The predicted molar refractivity (Wildman–Crippen MR) is 108 cm³/mol. The molecular weight excluding hydrogens is 336 g/mol. The first-order valence-electron chi connectivity index (χ1n) is 9.91. The normalized spacial score (nSPS) is 25.2. The van der Waals surface area contributed by atoms with E-state index in [2.05, 4.69) is 41.1 Å². The second-order valence-corrected chi connectivity index (χ2v) is 7.97. The molecule has 1 aromatic heterocycles. The second-order valence-electron chi connectivity index (χ2n) is 7.97. The minimum absolute atomic E-state index is 0.0859. The molecule has 5 heteroatoms. The highest BCUT2D eigenvalue weighted by molar-refractivity contribution is 5.95. The van der Waals surface area contributed by atoms with Crippen LogP contribution in [0.5, 0.6) is 0 Å². The number of amides is 1. The quantitative estimate of drug-likeness (QED) is 0.906. The fourth-order valence-corrected chi connectivity index (χ4v) is 4.40. The smallest absolute Gasteiger partial charge is 0.254 e. The van der Waals surface area contributed by atoms with Gasteiger partial charge in [-0.3, -0.25) is 4.79 Å². The highest BCUT2D eigenvalue weighted by Gasteiger charge is 2.35. The highest BCUT2D eigenvalue weighted by Crippen LogP contribution is 2.33. The van der Waals surface area contributed by atoms with E-state index in [9.17, 15) is 4.79 Å². The molecule has 0 bridgehead atoms. The number of rotatable bonds is 4. The van der Waals surface area contributed by atoms with Gasteiger partial charge in [0, 0.05) is 43.9 Å². The third-order valence-electron chi connectivity index (χ3n) is 6.00. The molecule has 0 aliphatic carbocycles. The van der Waals surface area contributed by atoms with Crippen molar-refractivity contribution in [3.05, 3.63) is 59.8 Å². The van der Waals surface area contributed by atoms with E-state index in [0.717, 1.165) is 31.0 Å². The van der Waals surface area contributed by atoms with Crippen molar-refractivity contribution in [2.24, 2.45) is 17.6 Å². The summed E-state index contributed by atoms with van der Waals surface area (Å²) in [7, 11) is 0. The van der Waals surface area contributed by atoms with Gasteiger partial charge in [0.05, 0.1) is 0 Å². The number of aromatic nitrogens is 1. The van der Waals surface area contributed by atoms with E-state index >= 15 is 0 Å². The number of carbonyl (C=O) groups excluding carboxylic acids is 1. The molecule has 2 aliphatic heterocycles. The van der Waals surface area contributed by atoms with E-state index in [0.29, 0.717) is 30.8 Å². The number of anilines is 1. The van der Waals surface area contributed by atoms with E-state index < -0.39 is 0 Å². The Kier molecular flexibility index (Phi) is 5.12. The minimum Gasteiger partial charge on any atom is -0.356 e. The summed E-state index contributed by atoms with van der Waals surface area (Å²) in [5.74, 6) is 2.29. The zero-order valence-electron chi connectivity index (χ0n) is 15.9. The van der Waals surface area contributed by atoms with Gasteiger partial charge in [0.1, 0.15) is 5.82 Å². The lowest BCUT2D eigenvalue weighted by atomic mass is 9.89. The summed E-state index contributed by atoms with van der Waals surface area (Å²) in [4.78, 5) is 21.9. The molecule has 0 saturated carbocycles. The van der Waals surface area contributed by atoms with Gasteiger partial charge in [-0.2, -0.15) is 0 Å². The lowest BCUT2D eigenvalue weighted by Gasteiger charge is -2.20. The Bertz CT molecular complexity index is 794. The van der Waals surface area contributed by atoms with Crippen LogP contribution >= 0.6 is 0 Å². The molecular formula is C22H28N4O. The average molecular weight is 364 g/mol. The van der Waals surface area contributed by atoms with Crippen molar-refractivity contribution in [2.45, 2.75) is 19.3 Å². The van der Waals surface area contributed by atoms with Crippen LogP contribution < -0.4 is 10.6 Å². The lowest BCUT2D eigenvalue weighted by molar-refractivity contribution is 0.0786. The molecule has 142 valence electrons. The van der Waals surface area contributed by atoms with Crippen molar-refractivity contribution in [1.82, 2.24) is 9.88 Å². The number of carbonyl (C=O) groups is 1. The van der Waals surface area contributed by atoms with Crippen molar-refractivity contribution in [1.29, 1.82) is 0 Å². The first-order valence-corrected chi connectivity index (χ1v) is 9.91. The standard InChI is InChI=1S/C22H28N4O/c1-16-8-10-25(13-16)21-11-18(7-9-24-21)22(27)26-14-19(12-23)20(15-26)17-5-3-2-4-6-17/h2-7,9,11,16,19-20H,8,10,12-15,23H2,1H3/t16?,19-,20+/m1/s1. The number of likely N-dealkylation sites (tertiary alicyclic amines) is 1. The summed E-state index contributed by atoms with van der Waals surface area (Å²) in [6.07, 6.45) is 2.94. The number of nitrogens with zero attached hydrogens (tertiary/aromatic N) is 3. The van der Waals surface area contributed by atoms with Crippen molar-refractivity contribution in [3.63, 3.8) is 0 Å². The summed E-state index contributed by atoms with van der Waals surface area (Å²) in [6.45, 7) is 6.32. The maximum atomic E-state index is 13.2. The van der Waals surface area contributed by atoms with Gasteiger partial charge in [-0.1, -0.05) is 37.3 Å². The van der Waals surface area contributed by atoms with Crippen molar-refractivity contribution in [3.8, 4) is 0 Å². The van der Waals surface area contributed by atoms with E-state index in [4.69, 9.17) is 5.73 Å². The van der Waals surface area contributed by atoms with Crippen LogP contribution in [-0.4, -0.2) is 48.5 Å². The molecule has 1 amide bonds. The summed E-state index contributed by atoms with van der Waals surface area (Å²) >= 11 is 0. The molecule has 0 spiro atoms. The number of benzene rings is 1. The highest BCUT2D eigenvalue weighted by atomic mass is 16.2. The first kappa shape index (κ1) is 18.0. The van der Waals surface area contributed by atoms with Gasteiger partial charge >= 0.3 is 0 Å². The Morgan fingerprint density at radius 2 is 2.00 bits per heavy atom.